The maximum atomic E-state index is 12.1. The van der Waals surface area contributed by atoms with E-state index in [0.29, 0.717) is 6.54 Å². The molecule has 2 rings (SSSR count). The van der Waals surface area contributed by atoms with Crippen LogP contribution in [0.3, 0.4) is 0 Å². The fraction of sp³-hybridized carbons (Fsp3) is 0.500. The lowest BCUT2D eigenvalue weighted by Gasteiger charge is -2.31. The Morgan fingerprint density at radius 3 is 2.21 bits per heavy atom. The van der Waals surface area contributed by atoms with Crippen molar-refractivity contribution in [1.29, 1.82) is 0 Å². The van der Waals surface area contributed by atoms with E-state index in [0.717, 1.165) is 31.5 Å². The van der Waals surface area contributed by atoms with Gasteiger partial charge in [-0.05, 0) is 31.5 Å². The van der Waals surface area contributed by atoms with Gasteiger partial charge in [0.2, 0.25) is 0 Å². The molecule has 0 atom stereocenters. The molecule has 3 N–H and O–H groups in total. The summed E-state index contributed by atoms with van der Waals surface area (Å²) in [4.78, 5) is 32.8. The lowest BCUT2D eigenvalue weighted by atomic mass is 10.1. The van der Waals surface area contributed by atoms with Crippen LogP contribution in [-0.2, 0) is 11.3 Å². The number of nitrogens with one attached hydrogen (secondary N) is 2. The molecule has 0 saturated carbocycles. The van der Waals surface area contributed by atoms with Gasteiger partial charge in [-0.2, -0.15) is 13.2 Å². The number of rotatable bonds is 4. The molecule has 0 spiro atoms. The molecule has 1 fully saturated rings. The topological polar surface area (TPSA) is 125 Å². The number of piperidine rings is 1. The third-order valence-corrected chi connectivity index (χ3v) is 4.01. The average Bonchev–Trinajstić information content (AvgIpc) is 2.66. The Balaban J connectivity index is 0.000000480. The number of carbonyl (C=O) groups is 2. The summed E-state index contributed by atoms with van der Waals surface area (Å²) in [7, 11) is 1.81. The molecular weight excluding hydrogens is 385 g/mol. The van der Waals surface area contributed by atoms with Gasteiger partial charge in [-0.3, -0.25) is 10.1 Å². The Hall–Kier alpha value is -2.89. The van der Waals surface area contributed by atoms with Crippen LogP contribution in [0.4, 0.5) is 23.7 Å². The quantitative estimate of drug-likeness (QED) is 0.520. The number of carboxylic acid groups (broad SMARTS) is 1. The van der Waals surface area contributed by atoms with E-state index in [4.69, 9.17) is 9.90 Å². The van der Waals surface area contributed by atoms with Crippen molar-refractivity contribution in [2.24, 2.45) is 0 Å². The van der Waals surface area contributed by atoms with E-state index in [2.05, 4.69) is 10.6 Å². The third kappa shape index (κ3) is 7.78. The number of urea groups is 1. The highest BCUT2D eigenvalue weighted by Crippen LogP contribution is 2.14. The Kier molecular flexibility index (Phi) is 8.64. The summed E-state index contributed by atoms with van der Waals surface area (Å²) in [5.74, 6) is -2.76. The lowest BCUT2D eigenvalue weighted by molar-refractivity contribution is -0.384. The predicted octanol–water partition coefficient (Wildman–Crippen LogP) is 2.12. The fourth-order valence-corrected chi connectivity index (χ4v) is 2.40. The lowest BCUT2D eigenvalue weighted by Crippen LogP contribution is -2.47. The molecule has 1 aromatic carbocycles. The molecule has 0 radical (unpaired) electrons. The van der Waals surface area contributed by atoms with Gasteiger partial charge in [0.25, 0.3) is 5.69 Å². The number of nitrogens with zero attached hydrogens (tertiary/aromatic N) is 2. The van der Waals surface area contributed by atoms with Gasteiger partial charge >= 0.3 is 18.2 Å². The second kappa shape index (κ2) is 10.4. The van der Waals surface area contributed by atoms with Crippen molar-refractivity contribution in [3.63, 3.8) is 0 Å². The minimum Gasteiger partial charge on any atom is -0.475 e. The van der Waals surface area contributed by atoms with Crippen molar-refractivity contribution in [3.05, 3.63) is 39.9 Å². The molecule has 1 aliphatic rings. The molecule has 156 valence electrons. The zero-order chi connectivity index (χ0) is 21.3. The summed E-state index contributed by atoms with van der Waals surface area (Å²) >= 11 is 0. The van der Waals surface area contributed by atoms with Gasteiger partial charge in [0.05, 0.1) is 4.92 Å². The van der Waals surface area contributed by atoms with E-state index in [1.807, 2.05) is 0 Å². The highest BCUT2D eigenvalue weighted by atomic mass is 19.4. The smallest absolute Gasteiger partial charge is 0.475 e. The standard InChI is InChI=1S/C14H20N4O3.C2HF3O2/c1-17(12-6-8-15-9-7-12)14(19)16-10-11-2-4-13(5-3-11)18(20)21;3-2(4,5)1(6)7/h2-5,12,15H,6-10H2,1H3,(H,16,19);(H,6,7). The number of non-ortho nitro benzene ring substituents is 1. The molecule has 1 saturated heterocycles. The van der Waals surface area contributed by atoms with Crippen molar-refractivity contribution in [1.82, 2.24) is 15.5 Å². The van der Waals surface area contributed by atoms with Gasteiger partial charge in [-0.1, -0.05) is 12.1 Å². The first kappa shape index (κ1) is 23.1. The van der Waals surface area contributed by atoms with Crippen LogP contribution in [0.5, 0.6) is 0 Å². The Labute approximate surface area is 158 Å². The molecule has 0 bridgehead atoms. The average molecular weight is 406 g/mol. The molecule has 9 nitrogen and oxygen atoms in total. The number of carbonyl (C=O) groups excluding carboxylic acids is 1. The largest absolute Gasteiger partial charge is 0.490 e. The molecule has 1 aliphatic heterocycles. The monoisotopic (exact) mass is 406 g/mol. The third-order valence-electron chi connectivity index (χ3n) is 4.01. The van der Waals surface area contributed by atoms with Gasteiger partial charge in [-0.25, -0.2) is 9.59 Å². The van der Waals surface area contributed by atoms with Gasteiger partial charge in [-0.15, -0.1) is 0 Å². The first-order chi connectivity index (χ1) is 13.0. The van der Waals surface area contributed by atoms with Crippen LogP contribution in [0.1, 0.15) is 18.4 Å². The zero-order valence-corrected chi connectivity index (χ0v) is 15.0. The number of benzene rings is 1. The van der Waals surface area contributed by atoms with Gasteiger partial charge in [0.15, 0.2) is 0 Å². The van der Waals surface area contributed by atoms with Crippen molar-refractivity contribution in [3.8, 4) is 0 Å². The van der Waals surface area contributed by atoms with Gasteiger partial charge in [0, 0.05) is 31.8 Å². The Bertz CT molecular complexity index is 676. The van der Waals surface area contributed by atoms with Crippen LogP contribution < -0.4 is 10.6 Å². The molecule has 0 aliphatic carbocycles. The van der Waals surface area contributed by atoms with Crippen LogP contribution in [0, 0.1) is 10.1 Å². The Morgan fingerprint density at radius 2 is 1.79 bits per heavy atom. The number of hydrogen-bond acceptors (Lipinski definition) is 5. The van der Waals surface area contributed by atoms with E-state index >= 15 is 0 Å². The highest BCUT2D eigenvalue weighted by Gasteiger charge is 2.38. The van der Waals surface area contributed by atoms with Crippen LogP contribution in [-0.4, -0.2) is 59.3 Å². The summed E-state index contributed by atoms with van der Waals surface area (Å²) in [6, 6.07) is 6.35. The molecule has 1 heterocycles. The molecule has 1 aromatic rings. The first-order valence-electron chi connectivity index (χ1n) is 8.27. The number of nitro benzene ring substituents is 1. The van der Waals surface area contributed by atoms with Gasteiger partial charge < -0.3 is 20.6 Å². The molecular formula is C16H21F3N4O5. The van der Waals surface area contributed by atoms with Crippen molar-refractivity contribution < 1.29 is 32.8 Å². The fourth-order valence-electron chi connectivity index (χ4n) is 2.40. The first-order valence-corrected chi connectivity index (χ1v) is 8.27. The summed E-state index contributed by atoms with van der Waals surface area (Å²) in [5.41, 5.74) is 0.893. The second-order valence-corrected chi connectivity index (χ2v) is 5.98. The summed E-state index contributed by atoms with van der Waals surface area (Å²) in [6.07, 6.45) is -3.16. The van der Waals surface area contributed by atoms with Crippen molar-refractivity contribution in [2.45, 2.75) is 31.6 Å². The zero-order valence-electron chi connectivity index (χ0n) is 15.0. The van der Waals surface area contributed by atoms with E-state index in [9.17, 15) is 28.1 Å². The Morgan fingerprint density at radius 1 is 1.29 bits per heavy atom. The second-order valence-electron chi connectivity index (χ2n) is 5.98. The number of carboxylic acids is 1. The maximum absolute atomic E-state index is 12.1. The maximum Gasteiger partial charge on any atom is 0.490 e. The predicted molar refractivity (Wildman–Crippen MR) is 92.7 cm³/mol. The van der Waals surface area contributed by atoms with Crippen LogP contribution >= 0.6 is 0 Å². The number of halogens is 3. The number of nitro groups is 1. The number of alkyl halides is 3. The highest BCUT2D eigenvalue weighted by molar-refractivity contribution is 5.74. The molecule has 2 amide bonds. The van der Waals surface area contributed by atoms with Gasteiger partial charge in [0.1, 0.15) is 0 Å². The van der Waals surface area contributed by atoms with Crippen LogP contribution in [0.2, 0.25) is 0 Å². The molecule has 28 heavy (non-hydrogen) atoms. The number of aliphatic carboxylic acids is 1. The van der Waals surface area contributed by atoms with Crippen molar-refractivity contribution >= 4 is 17.7 Å². The number of hydrogen-bond donors (Lipinski definition) is 3. The summed E-state index contributed by atoms with van der Waals surface area (Å²) in [5, 5.41) is 23.8. The van der Waals surface area contributed by atoms with E-state index in [1.165, 1.54) is 12.1 Å². The van der Waals surface area contributed by atoms with Crippen LogP contribution in [0.15, 0.2) is 24.3 Å². The minimum atomic E-state index is -5.08. The molecule has 0 aromatic heterocycles. The normalized spacial score (nSPS) is 14.4. The van der Waals surface area contributed by atoms with Crippen molar-refractivity contribution in [2.75, 3.05) is 20.1 Å². The van der Waals surface area contributed by atoms with Crippen LogP contribution in [0.25, 0.3) is 0 Å². The summed E-state index contributed by atoms with van der Waals surface area (Å²) in [6.45, 7) is 2.24. The SMILES string of the molecule is CN(C(=O)NCc1ccc([N+](=O)[O-])cc1)C1CCNCC1.O=C(O)C(F)(F)F. The van der Waals surface area contributed by atoms with E-state index in [1.54, 1.807) is 24.1 Å². The minimum absolute atomic E-state index is 0.0527. The van der Waals surface area contributed by atoms with E-state index < -0.39 is 17.1 Å². The van der Waals surface area contributed by atoms with E-state index in [-0.39, 0.29) is 17.8 Å². The number of amides is 2. The molecule has 0 unspecified atom stereocenters. The molecule has 12 heteroatoms. The summed E-state index contributed by atoms with van der Waals surface area (Å²) < 4.78 is 31.7.